The molecule has 3 unspecified atom stereocenters. The topological polar surface area (TPSA) is 50.7 Å². The van der Waals surface area contributed by atoms with Crippen LogP contribution >= 0.6 is 0 Å². The number of aliphatic hydroxyl groups is 1. The van der Waals surface area contributed by atoms with E-state index in [0.717, 1.165) is 5.92 Å². The number of ether oxygens (including phenoxy) is 2. The van der Waals surface area contributed by atoms with Gasteiger partial charge in [0.05, 0.1) is 7.11 Å². The molecule has 1 aliphatic carbocycles. The van der Waals surface area contributed by atoms with Crippen molar-refractivity contribution < 1.29 is 14.6 Å². The van der Waals surface area contributed by atoms with Crippen molar-refractivity contribution in [2.75, 3.05) is 20.3 Å². The van der Waals surface area contributed by atoms with Gasteiger partial charge in [0, 0.05) is 12.6 Å². The Morgan fingerprint density at radius 3 is 2.74 bits per heavy atom. The number of benzene rings is 1. The van der Waals surface area contributed by atoms with Gasteiger partial charge in [0.25, 0.3) is 0 Å². The lowest BCUT2D eigenvalue weighted by molar-refractivity contribution is 0.104. The first-order valence-electron chi connectivity index (χ1n) is 6.91. The highest BCUT2D eigenvalue weighted by atomic mass is 16.5. The van der Waals surface area contributed by atoms with E-state index in [2.05, 4.69) is 12.2 Å². The van der Waals surface area contributed by atoms with E-state index in [1.54, 1.807) is 7.11 Å². The average molecular weight is 265 g/mol. The van der Waals surface area contributed by atoms with E-state index < -0.39 is 6.10 Å². The van der Waals surface area contributed by atoms with Gasteiger partial charge in [0.15, 0.2) is 11.5 Å². The molecule has 1 aromatic rings. The van der Waals surface area contributed by atoms with Crippen LogP contribution in [0.2, 0.25) is 0 Å². The molecule has 0 aliphatic heterocycles. The van der Waals surface area contributed by atoms with Crippen LogP contribution in [0, 0.1) is 5.92 Å². The largest absolute Gasteiger partial charge is 0.493 e. The van der Waals surface area contributed by atoms with Gasteiger partial charge < -0.3 is 19.9 Å². The molecule has 3 atom stereocenters. The van der Waals surface area contributed by atoms with E-state index in [-0.39, 0.29) is 6.61 Å². The van der Waals surface area contributed by atoms with Crippen LogP contribution in [-0.4, -0.2) is 37.5 Å². The van der Waals surface area contributed by atoms with Gasteiger partial charge in [-0.05, 0) is 24.5 Å². The average Bonchev–Trinajstić information content (AvgIpc) is 3.22. The Balaban J connectivity index is 1.69. The van der Waals surface area contributed by atoms with Crippen LogP contribution in [0.25, 0.3) is 0 Å². The monoisotopic (exact) mass is 265 g/mol. The maximum Gasteiger partial charge on any atom is 0.161 e. The summed E-state index contributed by atoms with van der Waals surface area (Å²) in [6.45, 7) is 3.06. The number of para-hydroxylation sites is 2. The number of aliphatic hydroxyl groups excluding tert-OH is 1. The minimum absolute atomic E-state index is 0.275. The third kappa shape index (κ3) is 4.11. The summed E-state index contributed by atoms with van der Waals surface area (Å²) < 4.78 is 10.8. The zero-order valence-electron chi connectivity index (χ0n) is 11.6. The third-order valence-electron chi connectivity index (χ3n) is 3.56. The minimum atomic E-state index is -0.497. The summed E-state index contributed by atoms with van der Waals surface area (Å²) >= 11 is 0. The molecule has 1 saturated carbocycles. The Morgan fingerprint density at radius 2 is 2.11 bits per heavy atom. The lowest BCUT2D eigenvalue weighted by atomic mass is 10.3. The van der Waals surface area contributed by atoms with E-state index >= 15 is 0 Å². The van der Waals surface area contributed by atoms with Crippen molar-refractivity contribution in [2.24, 2.45) is 5.92 Å². The number of methoxy groups -OCH3 is 1. The smallest absolute Gasteiger partial charge is 0.161 e. The van der Waals surface area contributed by atoms with Crippen LogP contribution in [0.15, 0.2) is 24.3 Å². The summed E-state index contributed by atoms with van der Waals surface area (Å²) in [4.78, 5) is 0. The van der Waals surface area contributed by atoms with E-state index in [1.165, 1.54) is 12.8 Å². The predicted octanol–water partition coefficient (Wildman–Crippen LogP) is 1.82. The van der Waals surface area contributed by atoms with Crippen LogP contribution in [0.1, 0.15) is 19.8 Å². The van der Waals surface area contributed by atoms with Gasteiger partial charge >= 0.3 is 0 Å². The maximum atomic E-state index is 9.88. The molecule has 0 amide bonds. The Kier molecular flexibility index (Phi) is 5.05. The summed E-state index contributed by atoms with van der Waals surface area (Å²) in [6, 6.07) is 8.05. The fourth-order valence-corrected chi connectivity index (χ4v) is 2.22. The zero-order valence-corrected chi connectivity index (χ0v) is 11.6. The summed E-state index contributed by atoms with van der Waals surface area (Å²) in [7, 11) is 1.61. The standard InChI is InChI=1S/C15H23NO3/c1-3-11-8-13(11)16-9-12(17)10-19-15-7-5-4-6-14(15)18-2/h4-7,11-13,16-17H,3,8-10H2,1-2H3. The molecule has 2 rings (SSSR count). The molecule has 19 heavy (non-hydrogen) atoms. The number of hydrogen-bond acceptors (Lipinski definition) is 4. The Labute approximate surface area is 114 Å². The van der Waals surface area contributed by atoms with Crippen molar-refractivity contribution in [3.63, 3.8) is 0 Å². The molecule has 4 heteroatoms. The Bertz CT molecular complexity index is 397. The van der Waals surface area contributed by atoms with Crippen LogP contribution in [0.4, 0.5) is 0 Å². The van der Waals surface area contributed by atoms with Crippen molar-refractivity contribution in [3.8, 4) is 11.5 Å². The second kappa shape index (κ2) is 6.78. The summed E-state index contributed by atoms with van der Waals surface area (Å²) in [5, 5.41) is 13.2. The van der Waals surface area contributed by atoms with Gasteiger partial charge in [0.1, 0.15) is 12.7 Å². The van der Waals surface area contributed by atoms with Gasteiger partial charge in [0.2, 0.25) is 0 Å². The first-order valence-corrected chi connectivity index (χ1v) is 6.91. The van der Waals surface area contributed by atoms with Crippen LogP contribution < -0.4 is 14.8 Å². The predicted molar refractivity (Wildman–Crippen MR) is 74.7 cm³/mol. The first kappa shape index (κ1) is 14.2. The molecule has 106 valence electrons. The van der Waals surface area contributed by atoms with E-state index in [0.29, 0.717) is 24.1 Å². The molecule has 4 nitrogen and oxygen atoms in total. The fourth-order valence-electron chi connectivity index (χ4n) is 2.22. The molecule has 0 radical (unpaired) electrons. The van der Waals surface area contributed by atoms with Crippen LogP contribution in [0.5, 0.6) is 11.5 Å². The molecular weight excluding hydrogens is 242 g/mol. The number of hydrogen-bond donors (Lipinski definition) is 2. The Hall–Kier alpha value is -1.26. The summed E-state index contributed by atoms with van der Waals surface area (Å²) in [6.07, 6.45) is 1.95. The molecule has 1 aromatic carbocycles. The van der Waals surface area contributed by atoms with E-state index in [4.69, 9.17) is 9.47 Å². The lowest BCUT2D eigenvalue weighted by Gasteiger charge is -2.15. The quantitative estimate of drug-likeness (QED) is 0.753. The Morgan fingerprint density at radius 1 is 1.37 bits per heavy atom. The molecule has 0 heterocycles. The SMILES string of the molecule is CCC1CC1NCC(O)COc1ccccc1OC. The van der Waals surface area contributed by atoms with E-state index in [1.807, 2.05) is 24.3 Å². The highest BCUT2D eigenvalue weighted by molar-refractivity contribution is 5.39. The van der Waals surface area contributed by atoms with Gasteiger partial charge in [-0.15, -0.1) is 0 Å². The second-order valence-corrected chi connectivity index (χ2v) is 5.03. The molecule has 0 spiro atoms. The molecular formula is C15H23NO3. The van der Waals surface area contributed by atoms with Gasteiger partial charge in [-0.3, -0.25) is 0 Å². The molecule has 1 aliphatic rings. The number of rotatable bonds is 8. The number of nitrogens with one attached hydrogen (secondary N) is 1. The van der Waals surface area contributed by atoms with Gasteiger partial charge in [-0.25, -0.2) is 0 Å². The first-order chi connectivity index (χ1) is 9.24. The molecule has 2 N–H and O–H groups in total. The van der Waals surface area contributed by atoms with Crippen molar-refractivity contribution in [2.45, 2.75) is 31.9 Å². The molecule has 0 bridgehead atoms. The molecule has 0 saturated heterocycles. The minimum Gasteiger partial charge on any atom is -0.493 e. The normalized spacial score (nSPS) is 22.9. The zero-order chi connectivity index (χ0) is 13.7. The van der Waals surface area contributed by atoms with Crippen molar-refractivity contribution in [1.82, 2.24) is 5.32 Å². The summed E-state index contributed by atoms with van der Waals surface area (Å²) in [5.74, 6) is 2.15. The molecule has 1 fully saturated rings. The van der Waals surface area contributed by atoms with E-state index in [9.17, 15) is 5.11 Å². The highest BCUT2D eigenvalue weighted by Gasteiger charge is 2.34. The fraction of sp³-hybridized carbons (Fsp3) is 0.600. The molecule has 0 aromatic heterocycles. The van der Waals surface area contributed by atoms with Crippen molar-refractivity contribution in [3.05, 3.63) is 24.3 Å². The van der Waals surface area contributed by atoms with Crippen LogP contribution in [0.3, 0.4) is 0 Å². The highest BCUT2D eigenvalue weighted by Crippen LogP contribution is 2.33. The van der Waals surface area contributed by atoms with Crippen LogP contribution in [-0.2, 0) is 0 Å². The van der Waals surface area contributed by atoms with Gasteiger partial charge in [-0.2, -0.15) is 0 Å². The van der Waals surface area contributed by atoms with Gasteiger partial charge in [-0.1, -0.05) is 25.5 Å². The lowest BCUT2D eigenvalue weighted by Crippen LogP contribution is -2.33. The maximum absolute atomic E-state index is 9.88. The third-order valence-corrected chi connectivity index (χ3v) is 3.56. The van der Waals surface area contributed by atoms with Crippen molar-refractivity contribution in [1.29, 1.82) is 0 Å². The summed E-state index contributed by atoms with van der Waals surface area (Å²) in [5.41, 5.74) is 0. The van der Waals surface area contributed by atoms with Crippen molar-refractivity contribution >= 4 is 0 Å². The second-order valence-electron chi connectivity index (χ2n) is 5.03.